The van der Waals surface area contributed by atoms with Crippen LogP contribution in [0.3, 0.4) is 0 Å². The predicted octanol–water partition coefficient (Wildman–Crippen LogP) is 2.07. The van der Waals surface area contributed by atoms with Crippen LogP contribution in [0.2, 0.25) is 0 Å². The predicted molar refractivity (Wildman–Crippen MR) is 80.7 cm³/mol. The summed E-state index contributed by atoms with van der Waals surface area (Å²) in [5.74, 6) is 0.553. The summed E-state index contributed by atoms with van der Waals surface area (Å²) in [6, 6.07) is 7.35. The second-order valence-electron chi connectivity index (χ2n) is 4.72. The molecular formula is C16H16N2O6. The zero-order valence-corrected chi connectivity index (χ0v) is 13.1. The van der Waals surface area contributed by atoms with Crippen molar-refractivity contribution < 1.29 is 28.3 Å². The molecule has 2 aromatic rings. The standard InChI is InChI=1S/C16H16N2O6/c1-2-21-12-6-4-3-5-11(12)15-17-14(24-18-15)10-23-16(19)13-9-20-7-8-22-13/h3-6,9H,2,7-8,10H2,1H3. The van der Waals surface area contributed by atoms with Gasteiger partial charge in [0, 0.05) is 0 Å². The normalized spacial score (nSPS) is 13.5. The lowest BCUT2D eigenvalue weighted by Gasteiger charge is -2.13. The van der Waals surface area contributed by atoms with Crippen LogP contribution >= 0.6 is 0 Å². The van der Waals surface area contributed by atoms with Crippen molar-refractivity contribution in [2.75, 3.05) is 19.8 Å². The number of carbonyl (C=O) groups is 1. The van der Waals surface area contributed by atoms with Crippen LogP contribution < -0.4 is 4.74 Å². The van der Waals surface area contributed by atoms with E-state index in [0.717, 1.165) is 0 Å². The van der Waals surface area contributed by atoms with Gasteiger partial charge in [-0.3, -0.25) is 0 Å². The molecule has 8 heteroatoms. The van der Waals surface area contributed by atoms with Gasteiger partial charge in [-0.25, -0.2) is 4.79 Å². The number of hydrogen-bond donors (Lipinski definition) is 0. The highest BCUT2D eigenvalue weighted by Gasteiger charge is 2.19. The fourth-order valence-electron chi connectivity index (χ4n) is 2.03. The number of nitrogens with zero attached hydrogens (tertiary/aromatic N) is 2. The van der Waals surface area contributed by atoms with Crippen LogP contribution in [0.25, 0.3) is 11.4 Å². The van der Waals surface area contributed by atoms with Crippen molar-refractivity contribution >= 4 is 5.97 Å². The first-order valence-electron chi connectivity index (χ1n) is 7.44. The number of ether oxygens (including phenoxy) is 4. The second-order valence-corrected chi connectivity index (χ2v) is 4.72. The lowest BCUT2D eigenvalue weighted by atomic mass is 10.2. The lowest BCUT2D eigenvalue weighted by molar-refractivity contribution is -0.146. The third-order valence-electron chi connectivity index (χ3n) is 3.07. The Kier molecular flexibility index (Phi) is 4.95. The van der Waals surface area contributed by atoms with Gasteiger partial charge in [0.1, 0.15) is 25.2 Å². The molecule has 2 heterocycles. The van der Waals surface area contributed by atoms with Gasteiger partial charge in [0.15, 0.2) is 6.61 Å². The summed E-state index contributed by atoms with van der Waals surface area (Å²) >= 11 is 0. The molecule has 1 aromatic carbocycles. The van der Waals surface area contributed by atoms with Crippen molar-refractivity contribution in [3.05, 3.63) is 42.2 Å². The van der Waals surface area contributed by atoms with Gasteiger partial charge in [0.2, 0.25) is 11.6 Å². The average Bonchev–Trinajstić information content (AvgIpc) is 3.10. The number of aromatic nitrogens is 2. The molecule has 0 N–H and O–H groups in total. The molecule has 0 unspecified atom stereocenters. The van der Waals surface area contributed by atoms with E-state index in [1.807, 2.05) is 31.2 Å². The first kappa shape index (κ1) is 15.9. The number of carbonyl (C=O) groups excluding carboxylic acids is 1. The Hall–Kier alpha value is -3.03. The third-order valence-corrected chi connectivity index (χ3v) is 3.07. The first-order valence-corrected chi connectivity index (χ1v) is 7.44. The molecule has 8 nitrogen and oxygen atoms in total. The minimum atomic E-state index is -0.649. The van der Waals surface area contributed by atoms with E-state index in [-0.39, 0.29) is 18.3 Å². The molecule has 1 aliphatic heterocycles. The van der Waals surface area contributed by atoms with Gasteiger partial charge in [-0.1, -0.05) is 17.3 Å². The fourth-order valence-corrected chi connectivity index (χ4v) is 2.03. The minimum absolute atomic E-state index is 0.0164. The number of para-hydroxylation sites is 1. The fraction of sp³-hybridized carbons (Fsp3) is 0.312. The topological polar surface area (TPSA) is 92.9 Å². The molecule has 0 saturated heterocycles. The second kappa shape index (κ2) is 7.49. The Morgan fingerprint density at radius 2 is 2.17 bits per heavy atom. The van der Waals surface area contributed by atoms with Crippen LogP contribution in [0.5, 0.6) is 5.75 Å². The molecule has 3 rings (SSSR count). The number of rotatable bonds is 6. The maximum atomic E-state index is 11.8. The van der Waals surface area contributed by atoms with Crippen molar-refractivity contribution in [1.82, 2.24) is 10.1 Å². The van der Waals surface area contributed by atoms with Gasteiger partial charge >= 0.3 is 5.97 Å². The zero-order valence-electron chi connectivity index (χ0n) is 13.1. The van der Waals surface area contributed by atoms with Crippen molar-refractivity contribution in [2.45, 2.75) is 13.5 Å². The van der Waals surface area contributed by atoms with Crippen LogP contribution in [-0.2, 0) is 25.6 Å². The van der Waals surface area contributed by atoms with E-state index in [0.29, 0.717) is 37.0 Å². The summed E-state index contributed by atoms with van der Waals surface area (Å²) in [5.41, 5.74) is 0.701. The van der Waals surface area contributed by atoms with E-state index in [2.05, 4.69) is 10.1 Å². The monoisotopic (exact) mass is 332 g/mol. The van der Waals surface area contributed by atoms with E-state index >= 15 is 0 Å². The van der Waals surface area contributed by atoms with Gasteiger partial charge in [-0.15, -0.1) is 0 Å². The van der Waals surface area contributed by atoms with Crippen LogP contribution in [0, 0.1) is 0 Å². The first-order chi connectivity index (χ1) is 11.8. The van der Waals surface area contributed by atoms with Gasteiger partial charge in [-0.2, -0.15) is 4.98 Å². The van der Waals surface area contributed by atoms with E-state index in [4.69, 9.17) is 23.5 Å². The maximum Gasteiger partial charge on any atom is 0.377 e. The molecule has 0 amide bonds. The van der Waals surface area contributed by atoms with Crippen molar-refractivity contribution in [3.63, 3.8) is 0 Å². The molecule has 1 aliphatic rings. The SMILES string of the molecule is CCOc1ccccc1-c1noc(COC(=O)C2=COCCO2)n1. The van der Waals surface area contributed by atoms with Crippen LogP contribution in [0.1, 0.15) is 12.8 Å². The molecule has 1 aromatic heterocycles. The van der Waals surface area contributed by atoms with E-state index in [1.54, 1.807) is 0 Å². The molecule has 0 atom stereocenters. The minimum Gasteiger partial charge on any atom is -0.493 e. The van der Waals surface area contributed by atoms with Gasteiger partial charge in [0.25, 0.3) is 5.89 Å². The summed E-state index contributed by atoms with van der Waals surface area (Å²) in [5, 5.41) is 3.89. The van der Waals surface area contributed by atoms with Crippen LogP contribution in [0.15, 0.2) is 40.8 Å². The summed E-state index contributed by atoms with van der Waals surface area (Å²) in [4.78, 5) is 16.0. The molecule has 0 fully saturated rings. The van der Waals surface area contributed by atoms with E-state index in [1.165, 1.54) is 6.26 Å². The van der Waals surface area contributed by atoms with Crippen molar-refractivity contribution in [2.24, 2.45) is 0 Å². The third kappa shape index (κ3) is 3.65. The Bertz CT molecular complexity index is 740. The quantitative estimate of drug-likeness (QED) is 0.742. The molecule has 0 saturated carbocycles. The highest BCUT2D eigenvalue weighted by molar-refractivity contribution is 5.85. The van der Waals surface area contributed by atoms with E-state index < -0.39 is 5.97 Å². The molecule has 0 bridgehead atoms. The number of benzene rings is 1. The summed E-state index contributed by atoms with van der Waals surface area (Å²) in [7, 11) is 0. The Labute approximate surface area is 138 Å². The molecule has 24 heavy (non-hydrogen) atoms. The Morgan fingerprint density at radius 3 is 2.96 bits per heavy atom. The molecule has 126 valence electrons. The maximum absolute atomic E-state index is 11.8. The smallest absolute Gasteiger partial charge is 0.377 e. The number of esters is 1. The summed E-state index contributed by atoms with van der Waals surface area (Å²) < 4.78 is 25.8. The van der Waals surface area contributed by atoms with Gasteiger partial charge < -0.3 is 23.5 Å². The number of hydrogen-bond acceptors (Lipinski definition) is 8. The average molecular weight is 332 g/mol. The molecule has 0 spiro atoms. The molecule has 0 radical (unpaired) electrons. The summed E-state index contributed by atoms with van der Waals surface area (Å²) in [6.45, 7) is 2.96. The summed E-state index contributed by atoms with van der Waals surface area (Å²) in [6.07, 6.45) is 1.23. The van der Waals surface area contributed by atoms with Gasteiger partial charge in [-0.05, 0) is 19.1 Å². The Morgan fingerprint density at radius 1 is 1.29 bits per heavy atom. The van der Waals surface area contributed by atoms with Crippen LogP contribution in [0.4, 0.5) is 0 Å². The highest BCUT2D eigenvalue weighted by atomic mass is 16.6. The Balaban J connectivity index is 1.66. The van der Waals surface area contributed by atoms with Crippen molar-refractivity contribution in [1.29, 1.82) is 0 Å². The molecular weight excluding hydrogens is 316 g/mol. The van der Waals surface area contributed by atoms with Crippen LogP contribution in [-0.4, -0.2) is 35.9 Å². The van der Waals surface area contributed by atoms with Gasteiger partial charge in [0.05, 0.1) is 12.2 Å². The highest BCUT2D eigenvalue weighted by Crippen LogP contribution is 2.27. The lowest BCUT2D eigenvalue weighted by Crippen LogP contribution is -2.17. The zero-order chi connectivity index (χ0) is 16.8. The molecule has 0 aliphatic carbocycles. The van der Waals surface area contributed by atoms with E-state index in [9.17, 15) is 4.79 Å². The van der Waals surface area contributed by atoms with Crippen molar-refractivity contribution in [3.8, 4) is 17.1 Å². The largest absolute Gasteiger partial charge is 0.493 e.